The van der Waals surface area contributed by atoms with E-state index in [0.29, 0.717) is 48.6 Å². The Labute approximate surface area is 185 Å². The van der Waals surface area contributed by atoms with E-state index in [4.69, 9.17) is 10.7 Å². The van der Waals surface area contributed by atoms with Gasteiger partial charge < -0.3 is 19.8 Å². The zero-order valence-electron chi connectivity index (χ0n) is 18.4. The van der Waals surface area contributed by atoms with Gasteiger partial charge in [0.2, 0.25) is 0 Å². The summed E-state index contributed by atoms with van der Waals surface area (Å²) in [5.74, 6) is 0.0382. The van der Waals surface area contributed by atoms with Crippen molar-refractivity contribution in [2.45, 2.75) is 45.8 Å². The van der Waals surface area contributed by atoms with Crippen LogP contribution in [0.1, 0.15) is 37.0 Å². The first-order valence-corrected chi connectivity index (χ1v) is 11.2. The maximum absolute atomic E-state index is 15.3. The molecule has 0 aliphatic carbocycles. The van der Waals surface area contributed by atoms with E-state index in [0.717, 1.165) is 29.6 Å². The third-order valence-corrected chi connectivity index (χ3v) is 6.30. The fourth-order valence-corrected chi connectivity index (χ4v) is 4.81. The second kappa shape index (κ2) is 8.02. The van der Waals surface area contributed by atoms with Crippen molar-refractivity contribution < 1.29 is 9.18 Å². The fraction of sp³-hybridized carbons (Fsp3) is 0.375. The second-order valence-corrected chi connectivity index (χ2v) is 8.35. The molecule has 2 N–H and O–H groups in total. The van der Waals surface area contributed by atoms with Crippen molar-refractivity contribution in [2.75, 3.05) is 13.1 Å². The van der Waals surface area contributed by atoms with E-state index >= 15 is 4.39 Å². The van der Waals surface area contributed by atoms with Crippen molar-refractivity contribution in [2.24, 2.45) is 5.73 Å². The van der Waals surface area contributed by atoms with E-state index in [2.05, 4.69) is 16.5 Å². The Hall–Kier alpha value is -3.26. The normalized spacial score (nSPS) is 16.9. The molecule has 32 heavy (non-hydrogen) atoms. The largest absolute Gasteiger partial charge is 0.337 e. The maximum atomic E-state index is 15.3. The summed E-state index contributed by atoms with van der Waals surface area (Å²) in [6.45, 7) is 6.42. The number of aryl methyl sites for hydroxylation is 2. The SMILES string of the molecule is CCn1c(-c2nc3cc(C(=O)N4CCC[C@@H](N)C4)cc(F)c3n2CC)cc2cccnc21. The lowest BCUT2D eigenvalue weighted by atomic mass is 10.0. The van der Waals surface area contributed by atoms with Crippen LogP contribution in [0.4, 0.5) is 4.39 Å². The molecule has 4 aromatic rings. The minimum absolute atomic E-state index is 0.0308. The number of fused-ring (bicyclic) bond motifs is 2. The Balaban J connectivity index is 1.65. The van der Waals surface area contributed by atoms with Gasteiger partial charge in [-0.15, -0.1) is 0 Å². The van der Waals surface area contributed by atoms with Gasteiger partial charge in [-0.3, -0.25) is 4.79 Å². The van der Waals surface area contributed by atoms with Gasteiger partial charge in [0.15, 0.2) is 5.82 Å². The van der Waals surface area contributed by atoms with E-state index < -0.39 is 5.82 Å². The summed E-state index contributed by atoms with van der Waals surface area (Å²) < 4.78 is 19.3. The van der Waals surface area contributed by atoms with Crippen LogP contribution in [0.15, 0.2) is 36.5 Å². The van der Waals surface area contributed by atoms with Gasteiger partial charge >= 0.3 is 0 Å². The third-order valence-electron chi connectivity index (χ3n) is 6.30. The van der Waals surface area contributed by atoms with Crippen LogP contribution < -0.4 is 5.73 Å². The summed E-state index contributed by atoms with van der Waals surface area (Å²) in [7, 11) is 0. The summed E-state index contributed by atoms with van der Waals surface area (Å²) in [5, 5.41) is 1.01. The predicted molar refractivity (Wildman–Crippen MR) is 123 cm³/mol. The van der Waals surface area contributed by atoms with Gasteiger partial charge in [0, 0.05) is 49.4 Å². The minimum atomic E-state index is -0.440. The molecule has 0 radical (unpaired) electrons. The molecule has 3 aromatic heterocycles. The monoisotopic (exact) mass is 434 g/mol. The average Bonchev–Trinajstić information content (AvgIpc) is 3.36. The molecule has 1 aliphatic rings. The number of carbonyl (C=O) groups is 1. The molecule has 0 spiro atoms. The van der Waals surface area contributed by atoms with Gasteiger partial charge in [-0.25, -0.2) is 14.4 Å². The molecule has 0 bridgehead atoms. The smallest absolute Gasteiger partial charge is 0.254 e. The Morgan fingerprint density at radius 2 is 2.03 bits per heavy atom. The van der Waals surface area contributed by atoms with E-state index in [-0.39, 0.29) is 11.9 Å². The van der Waals surface area contributed by atoms with Crippen molar-refractivity contribution in [1.82, 2.24) is 24.0 Å². The van der Waals surface area contributed by atoms with Crippen LogP contribution in [0.3, 0.4) is 0 Å². The zero-order valence-corrected chi connectivity index (χ0v) is 18.4. The van der Waals surface area contributed by atoms with Gasteiger partial charge in [-0.05, 0) is 57.0 Å². The highest BCUT2D eigenvalue weighted by atomic mass is 19.1. The molecule has 166 valence electrons. The lowest BCUT2D eigenvalue weighted by molar-refractivity contribution is 0.0708. The van der Waals surface area contributed by atoms with Crippen molar-refractivity contribution in [3.8, 4) is 11.5 Å². The third kappa shape index (κ3) is 3.26. The fourth-order valence-electron chi connectivity index (χ4n) is 4.81. The number of benzene rings is 1. The first kappa shape index (κ1) is 20.6. The van der Waals surface area contributed by atoms with Crippen LogP contribution >= 0.6 is 0 Å². The molecule has 7 nitrogen and oxygen atoms in total. The van der Waals surface area contributed by atoms with Crippen LogP contribution in [0.25, 0.3) is 33.6 Å². The molecule has 1 amide bonds. The number of rotatable bonds is 4. The number of nitrogens with two attached hydrogens (primary N) is 1. The lowest BCUT2D eigenvalue weighted by Gasteiger charge is -2.30. The molecule has 8 heteroatoms. The number of nitrogens with zero attached hydrogens (tertiary/aromatic N) is 5. The van der Waals surface area contributed by atoms with Gasteiger partial charge in [-0.2, -0.15) is 0 Å². The highest BCUT2D eigenvalue weighted by Crippen LogP contribution is 2.31. The van der Waals surface area contributed by atoms with E-state index in [1.165, 1.54) is 6.07 Å². The molecule has 1 aromatic carbocycles. The van der Waals surface area contributed by atoms with Crippen molar-refractivity contribution in [3.05, 3.63) is 47.9 Å². The van der Waals surface area contributed by atoms with Crippen molar-refractivity contribution in [1.29, 1.82) is 0 Å². The maximum Gasteiger partial charge on any atom is 0.254 e. The Morgan fingerprint density at radius 1 is 1.22 bits per heavy atom. The first-order valence-electron chi connectivity index (χ1n) is 11.2. The Bertz CT molecular complexity index is 1320. The van der Waals surface area contributed by atoms with Gasteiger partial charge in [-0.1, -0.05) is 0 Å². The number of hydrogen-bond acceptors (Lipinski definition) is 4. The number of amides is 1. The molecule has 1 aliphatic heterocycles. The van der Waals surface area contributed by atoms with Gasteiger partial charge in [0.25, 0.3) is 5.91 Å². The molecule has 1 fully saturated rings. The molecular weight excluding hydrogens is 407 g/mol. The van der Waals surface area contributed by atoms with Gasteiger partial charge in [0.1, 0.15) is 17.0 Å². The summed E-state index contributed by atoms with van der Waals surface area (Å²) >= 11 is 0. The lowest BCUT2D eigenvalue weighted by Crippen LogP contribution is -2.45. The number of aromatic nitrogens is 4. The molecule has 0 unspecified atom stereocenters. The quantitative estimate of drug-likeness (QED) is 0.530. The van der Waals surface area contributed by atoms with Crippen molar-refractivity contribution in [3.63, 3.8) is 0 Å². The average molecular weight is 435 g/mol. The number of likely N-dealkylation sites (tertiary alicyclic amines) is 1. The number of carbonyl (C=O) groups excluding carboxylic acids is 1. The molecule has 1 atom stereocenters. The van der Waals surface area contributed by atoms with Crippen LogP contribution in [0.2, 0.25) is 0 Å². The van der Waals surface area contributed by atoms with E-state index in [1.54, 1.807) is 17.2 Å². The van der Waals surface area contributed by atoms with E-state index in [1.807, 2.05) is 29.7 Å². The highest BCUT2D eigenvalue weighted by molar-refractivity contribution is 5.98. The number of pyridine rings is 1. The number of halogens is 1. The summed E-state index contributed by atoms with van der Waals surface area (Å²) in [6, 6.07) is 8.96. The summed E-state index contributed by atoms with van der Waals surface area (Å²) in [6.07, 6.45) is 3.54. The summed E-state index contributed by atoms with van der Waals surface area (Å²) in [4.78, 5) is 24.1. The van der Waals surface area contributed by atoms with Crippen LogP contribution in [-0.4, -0.2) is 49.0 Å². The van der Waals surface area contributed by atoms with E-state index in [9.17, 15) is 4.79 Å². The first-order chi connectivity index (χ1) is 15.5. The second-order valence-electron chi connectivity index (χ2n) is 8.35. The molecular formula is C24H27FN6O. The standard InChI is InChI=1S/C24H27FN6O/c1-3-30-20(13-15-7-5-9-27-22(15)30)23-28-19-12-16(11-18(25)21(19)31(23)4-2)24(32)29-10-6-8-17(26)14-29/h5,7,9,11-13,17H,3-4,6,8,10,14,26H2,1-2H3/t17-/m1/s1. The van der Waals surface area contributed by atoms with Gasteiger partial charge in [0.05, 0.1) is 11.2 Å². The Kier molecular flexibility index (Phi) is 5.17. The number of piperidine rings is 1. The highest BCUT2D eigenvalue weighted by Gasteiger charge is 2.25. The van der Waals surface area contributed by atoms with Crippen LogP contribution in [-0.2, 0) is 13.1 Å². The number of imidazole rings is 1. The summed E-state index contributed by atoms with van der Waals surface area (Å²) in [5.41, 5.74) is 9.00. The zero-order chi connectivity index (χ0) is 22.4. The Morgan fingerprint density at radius 3 is 2.78 bits per heavy atom. The molecule has 1 saturated heterocycles. The topological polar surface area (TPSA) is 82.0 Å². The van der Waals surface area contributed by atoms with Crippen LogP contribution in [0.5, 0.6) is 0 Å². The molecule has 4 heterocycles. The van der Waals surface area contributed by atoms with Crippen LogP contribution in [0, 0.1) is 5.82 Å². The molecule has 5 rings (SSSR count). The minimum Gasteiger partial charge on any atom is -0.337 e. The predicted octanol–water partition coefficient (Wildman–Crippen LogP) is 3.80. The van der Waals surface area contributed by atoms with Crippen molar-refractivity contribution >= 4 is 28.0 Å². The molecule has 0 saturated carbocycles. The number of hydrogen-bond donors (Lipinski definition) is 1.